The topological polar surface area (TPSA) is 80.3 Å². The number of halogens is 1. The number of anilines is 2. The van der Waals surface area contributed by atoms with Gasteiger partial charge in [-0.15, -0.1) is 0 Å². The number of aromatic nitrogens is 1. The summed E-state index contributed by atoms with van der Waals surface area (Å²) >= 11 is 1.12. The molecule has 1 heterocycles. The van der Waals surface area contributed by atoms with Gasteiger partial charge in [0.2, 0.25) is 5.06 Å². The number of carbonyl (C=O) groups is 1. The molecule has 0 aliphatic heterocycles. The van der Waals surface area contributed by atoms with Crippen molar-refractivity contribution in [3.8, 4) is 10.8 Å². The summed E-state index contributed by atoms with van der Waals surface area (Å²) in [5, 5.41) is 3.43. The average molecular weight is 391 g/mol. The van der Waals surface area contributed by atoms with Gasteiger partial charge in [-0.1, -0.05) is 23.5 Å². The van der Waals surface area contributed by atoms with E-state index in [4.69, 9.17) is 4.74 Å². The maximum Gasteiger partial charge on any atom is 0.257 e. The second-order valence-electron chi connectivity index (χ2n) is 5.14. The molecule has 26 heavy (non-hydrogen) atoms. The van der Waals surface area contributed by atoms with Crippen molar-refractivity contribution in [3.63, 3.8) is 0 Å². The molecular weight excluding hydrogens is 377 g/mol. The molecule has 3 rings (SSSR count). The molecule has 0 aliphatic carbocycles. The first kappa shape index (κ1) is 18.0. The van der Waals surface area contributed by atoms with Crippen LogP contribution in [0.5, 0.6) is 10.8 Å². The number of amides is 1. The van der Waals surface area contributed by atoms with Gasteiger partial charge in [0.15, 0.2) is 5.13 Å². The van der Waals surface area contributed by atoms with Crippen LogP contribution < -0.4 is 14.8 Å². The molecular formula is C17H14FN3O3S2. The van der Waals surface area contributed by atoms with Gasteiger partial charge in [0.1, 0.15) is 22.6 Å². The number of hydrogen-bond acceptors (Lipinski definition) is 5. The Morgan fingerprint density at radius 3 is 2.81 bits per heavy atom. The monoisotopic (exact) mass is 391 g/mol. The Morgan fingerprint density at radius 2 is 2.04 bits per heavy atom. The van der Waals surface area contributed by atoms with Gasteiger partial charge in [0, 0.05) is 23.6 Å². The third-order valence-corrected chi connectivity index (χ3v) is 4.42. The number of nitrogens with one attached hydrogen (secondary N) is 2. The van der Waals surface area contributed by atoms with Gasteiger partial charge in [-0.05, 0) is 30.3 Å². The van der Waals surface area contributed by atoms with Crippen LogP contribution in [0.3, 0.4) is 0 Å². The highest BCUT2D eigenvalue weighted by molar-refractivity contribution is 7.85. The van der Waals surface area contributed by atoms with Gasteiger partial charge in [-0.3, -0.25) is 10.1 Å². The first-order valence-corrected chi connectivity index (χ1v) is 9.78. The minimum Gasteiger partial charge on any atom is -0.445 e. The molecule has 0 saturated heterocycles. The fourth-order valence-corrected chi connectivity index (χ4v) is 3.21. The molecule has 1 amide bonds. The van der Waals surface area contributed by atoms with Gasteiger partial charge >= 0.3 is 0 Å². The van der Waals surface area contributed by atoms with E-state index in [1.54, 1.807) is 36.4 Å². The summed E-state index contributed by atoms with van der Waals surface area (Å²) in [4.78, 5) is 16.4. The number of thiazole rings is 1. The third kappa shape index (κ3) is 4.87. The Kier molecular flexibility index (Phi) is 5.59. The van der Waals surface area contributed by atoms with E-state index < -0.39 is 16.8 Å². The van der Waals surface area contributed by atoms with Gasteiger partial charge in [-0.2, -0.15) is 0 Å². The maximum atomic E-state index is 13.2. The molecule has 0 aliphatic rings. The van der Waals surface area contributed by atoms with Crippen LogP contribution in [0.15, 0.2) is 54.7 Å². The summed E-state index contributed by atoms with van der Waals surface area (Å²) in [5.74, 6) is -0.415. The zero-order valence-electron chi connectivity index (χ0n) is 13.6. The molecule has 0 saturated carbocycles. The predicted octanol–water partition coefficient (Wildman–Crippen LogP) is 4.03. The van der Waals surface area contributed by atoms with Gasteiger partial charge in [-0.25, -0.2) is 13.6 Å². The molecule has 134 valence electrons. The lowest BCUT2D eigenvalue weighted by molar-refractivity contribution is 0.102. The first-order valence-electron chi connectivity index (χ1n) is 7.40. The summed E-state index contributed by atoms with van der Waals surface area (Å²) in [6.07, 6.45) is 2.95. The number of rotatable bonds is 6. The standard InChI is InChI=1S/C17H14FN3O3S2/c1-26(23)21-13-6-2-4-11(8-13)16(22)20-17-19-10-15(25-17)24-14-7-3-5-12(18)9-14/h2-10,21H,1H3,(H,19,20,22). The van der Waals surface area contributed by atoms with Crippen molar-refractivity contribution in [2.45, 2.75) is 0 Å². The van der Waals surface area contributed by atoms with Crippen molar-refractivity contribution >= 4 is 39.0 Å². The van der Waals surface area contributed by atoms with Crippen molar-refractivity contribution in [3.05, 3.63) is 66.1 Å². The van der Waals surface area contributed by atoms with Crippen molar-refractivity contribution < 1.29 is 18.1 Å². The summed E-state index contributed by atoms with van der Waals surface area (Å²) in [6, 6.07) is 12.4. The zero-order valence-corrected chi connectivity index (χ0v) is 15.2. The molecule has 3 aromatic rings. The molecule has 6 nitrogen and oxygen atoms in total. The van der Waals surface area contributed by atoms with Crippen molar-refractivity contribution in [2.24, 2.45) is 0 Å². The zero-order chi connectivity index (χ0) is 18.5. The SMILES string of the molecule is CS(=O)Nc1cccc(C(=O)Nc2ncc(Oc3cccc(F)c3)s2)c1. The number of nitrogens with zero attached hydrogens (tertiary/aromatic N) is 1. The van der Waals surface area contributed by atoms with Gasteiger partial charge in [0.05, 0.1) is 6.20 Å². The van der Waals surface area contributed by atoms with E-state index in [2.05, 4.69) is 15.0 Å². The largest absolute Gasteiger partial charge is 0.445 e. The molecule has 0 spiro atoms. The van der Waals surface area contributed by atoms with Gasteiger partial charge < -0.3 is 9.46 Å². The van der Waals surface area contributed by atoms with Crippen molar-refractivity contribution in [1.29, 1.82) is 0 Å². The second-order valence-corrected chi connectivity index (χ2v) is 7.24. The minimum absolute atomic E-state index is 0.345. The van der Waals surface area contributed by atoms with Crippen LogP contribution in [0.4, 0.5) is 15.2 Å². The Bertz CT molecular complexity index is 962. The average Bonchev–Trinajstić information content (AvgIpc) is 3.01. The lowest BCUT2D eigenvalue weighted by atomic mass is 10.2. The summed E-state index contributed by atoms with van der Waals surface area (Å²) in [6.45, 7) is 0. The summed E-state index contributed by atoms with van der Waals surface area (Å²) in [5.41, 5.74) is 0.969. The van der Waals surface area contributed by atoms with Crippen LogP contribution in [0, 0.1) is 5.82 Å². The lowest BCUT2D eigenvalue weighted by Crippen LogP contribution is -2.12. The van der Waals surface area contributed by atoms with Crippen molar-refractivity contribution in [1.82, 2.24) is 4.98 Å². The molecule has 1 aromatic heterocycles. The summed E-state index contributed by atoms with van der Waals surface area (Å²) in [7, 11) is -1.23. The third-order valence-electron chi connectivity index (χ3n) is 3.11. The highest BCUT2D eigenvalue weighted by Crippen LogP contribution is 2.30. The normalized spacial score (nSPS) is 11.6. The molecule has 0 fully saturated rings. The minimum atomic E-state index is -1.23. The van der Waals surface area contributed by atoms with Crippen LogP contribution in [-0.2, 0) is 11.0 Å². The fraction of sp³-hybridized carbons (Fsp3) is 0.0588. The first-order chi connectivity index (χ1) is 12.5. The quantitative estimate of drug-likeness (QED) is 0.665. The Balaban J connectivity index is 1.67. The van der Waals surface area contributed by atoms with Gasteiger partial charge in [0.25, 0.3) is 5.91 Å². The van der Waals surface area contributed by atoms with Crippen LogP contribution in [0.2, 0.25) is 0 Å². The van der Waals surface area contributed by atoms with Crippen molar-refractivity contribution in [2.75, 3.05) is 16.3 Å². The number of carbonyl (C=O) groups excluding carboxylic acids is 1. The number of ether oxygens (including phenoxy) is 1. The number of benzene rings is 2. The van der Waals surface area contributed by atoms with E-state index >= 15 is 0 Å². The van der Waals surface area contributed by atoms with Crippen LogP contribution in [0.25, 0.3) is 0 Å². The van der Waals surface area contributed by atoms with E-state index in [9.17, 15) is 13.4 Å². The highest BCUT2D eigenvalue weighted by Gasteiger charge is 2.11. The summed E-state index contributed by atoms with van der Waals surface area (Å²) < 4.78 is 32.6. The molecule has 1 unspecified atom stereocenters. The molecule has 2 aromatic carbocycles. The van der Waals surface area contributed by atoms with E-state index in [1.165, 1.54) is 24.6 Å². The Morgan fingerprint density at radius 1 is 1.23 bits per heavy atom. The lowest BCUT2D eigenvalue weighted by Gasteiger charge is -2.05. The molecule has 1 atom stereocenters. The number of hydrogen-bond donors (Lipinski definition) is 2. The maximum absolute atomic E-state index is 13.2. The van der Waals surface area contributed by atoms with Crippen LogP contribution >= 0.6 is 11.3 Å². The van der Waals surface area contributed by atoms with Crippen LogP contribution in [0.1, 0.15) is 10.4 Å². The van der Waals surface area contributed by atoms with E-state index in [0.717, 1.165) is 11.3 Å². The molecule has 2 N–H and O–H groups in total. The molecule has 9 heteroatoms. The highest BCUT2D eigenvalue weighted by atomic mass is 32.2. The van der Waals surface area contributed by atoms with E-state index in [0.29, 0.717) is 27.2 Å². The Hall–Kier alpha value is -2.78. The molecule has 0 bridgehead atoms. The Labute approximate surface area is 155 Å². The van der Waals surface area contributed by atoms with E-state index in [-0.39, 0.29) is 5.91 Å². The fourth-order valence-electron chi connectivity index (χ4n) is 2.07. The van der Waals surface area contributed by atoms with E-state index in [1.807, 2.05) is 0 Å². The molecule has 0 radical (unpaired) electrons. The smallest absolute Gasteiger partial charge is 0.257 e. The predicted molar refractivity (Wildman–Crippen MR) is 101 cm³/mol. The second kappa shape index (κ2) is 8.07. The van der Waals surface area contributed by atoms with Crippen LogP contribution in [-0.4, -0.2) is 21.4 Å².